The normalized spacial score (nSPS) is 13.2. The number of aryl methyl sites for hydroxylation is 1. The van der Waals surface area contributed by atoms with Crippen LogP contribution in [0.2, 0.25) is 0 Å². The number of carbonyl (C=O) groups is 2. The van der Waals surface area contributed by atoms with Gasteiger partial charge in [-0.1, -0.05) is 0 Å². The number of rotatable bonds is 7. The number of hydrogen-bond acceptors (Lipinski definition) is 6. The van der Waals surface area contributed by atoms with Crippen LogP contribution in [0.4, 0.5) is 17.3 Å². The molecule has 3 aromatic rings. The Balaban J connectivity index is 1.75. The fourth-order valence-electron chi connectivity index (χ4n) is 3.35. The summed E-state index contributed by atoms with van der Waals surface area (Å²) in [6.45, 7) is 2.83. The molecular weight excluding hydrogens is 384 g/mol. The van der Waals surface area contributed by atoms with E-state index in [1.165, 1.54) is 6.20 Å². The molecule has 0 aromatic carbocycles. The number of nitrogens with zero attached hydrogens (tertiary/aromatic N) is 3. The van der Waals surface area contributed by atoms with Gasteiger partial charge in [-0.05, 0) is 25.8 Å². The number of aromatic nitrogens is 3. The fraction of sp³-hybridized carbons (Fsp3) is 0.333. The van der Waals surface area contributed by atoms with Gasteiger partial charge in [0.2, 0.25) is 5.91 Å². The van der Waals surface area contributed by atoms with Gasteiger partial charge in [-0.3, -0.25) is 9.59 Å². The van der Waals surface area contributed by atoms with E-state index in [4.69, 9.17) is 4.74 Å². The quantitative estimate of drug-likeness (QED) is 0.554. The summed E-state index contributed by atoms with van der Waals surface area (Å²) in [5.41, 5.74) is 1.71. The molecule has 0 saturated heterocycles. The lowest BCUT2D eigenvalue weighted by molar-refractivity contribution is -0.117. The molecule has 9 heteroatoms. The number of amides is 2. The molecule has 156 valence electrons. The molecule has 1 fully saturated rings. The first-order valence-electron chi connectivity index (χ1n) is 9.87. The van der Waals surface area contributed by atoms with Crippen molar-refractivity contribution in [3.05, 3.63) is 36.3 Å². The largest absolute Gasteiger partial charge is 0.491 e. The van der Waals surface area contributed by atoms with Gasteiger partial charge in [0, 0.05) is 49.6 Å². The predicted molar refractivity (Wildman–Crippen MR) is 114 cm³/mol. The van der Waals surface area contributed by atoms with Gasteiger partial charge in [0.05, 0.1) is 23.9 Å². The topological polar surface area (TPSA) is 110 Å². The maximum Gasteiger partial charge on any atom is 0.254 e. The molecule has 0 atom stereocenters. The van der Waals surface area contributed by atoms with Crippen molar-refractivity contribution in [3.63, 3.8) is 0 Å². The van der Waals surface area contributed by atoms with Gasteiger partial charge in [0.1, 0.15) is 5.82 Å². The third-order valence-corrected chi connectivity index (χ3v) is 5.13. The molecule has 4 rings (SSSR count). The summed E-state index contributed by atoms with van der Waals surface area (Å²) in [7, 11) is 3.13. The Hall–Kier alpha value is -3.62. The van der Waals surface area contributed by atoms with E-state index < -0.39 is 0 Å². The molecule has 0 bridgehead atoms. The zero-order valence-corrected chi connectivity index (χ0v) is 17.2. The van der Waals surface area contributed by atoms with Crippen LogP contribution >= 0.6 is 0 Å². The molecule has 0 aliphatic heterocycles. The molecular formula is C21H24N6O3. The Kier molecular flexibility index (Phi) is 5.26. The molecule has 1 saturated carbocycles. The lowest BCUT2D eigenvalue weighted by Crippen LogP contribution is -2.20. The van der Waals surface area contributed by atoms with E-state index in [1.54, 1.807) is 26.4 Å². The van der Waals surface area contributed by atoms with Gasteiger partial charge in [-0.25, -0.2) is 9.97 Å². The van der Waals surface area contributed by atoms with Crippen molar-refractivity contribution in [2.24, 2.45) is 5.92 Å². The molecule has 1 aliphatic rings. The number of carbonyl (C=O) groups excluding carboxylic acids is 2. The van der Waals surface area contributed by atoms with E-state index >= 15 is 0 Å². The van der Waals surface area contributed by atoms with E-state index in [-0.39, 0.29) is 17.7 Å². The van der Waals surface area contributed by atoms with Crippen molar-refractivity contribution in [2.45, 2.75) is 26.3 Å². The summed E-state index contributed by atoms with van der Waals surface area (Å²) in [5.74, 6) is 1.10. The van der Waals surface area contributed by atoms with Crippen LogP contribution in [-0.4, -0.2) is 40.5 Å². The molecule has 3 heterocycles. The number of hydrogen-bond donors (Lipinski definition) is 3. The van der Waals surface area contributed by atoms with Crippen LogP contribution in [0.3, 0.4) is 0 Å². The van der Waals surface area contributed by atoms with Crippen molar-refractivity contribution in [3.8, 4) is 5.75 Å². The second-order valence-electron chi connectivity index (χ2n) is 7.13. The second-order valence-corrected chi connectivity index (χ2v) is 7.13. The average Bonchev–Trinajstić information content (AvgIpc) is 3.53. The van der Waals surface area contributed by atoms with Crippen molar-refractivity contribution < 1.29 is 14.3 Å². The second kappa shape index (κ2) is 8.02. The van der Waals surface area contributed by atoms with Crippen LogP contribution in [-0.2, 0) is 11.3 Å². The summed E-state index contributed by atoms with van der Waals surface area (Å²) in [6.07, 6.45) is 6.95. The van der Waals surface area contributed by atoms with Gasteiger partial charge in [0.25, 0.3) is 5.91 Å². The van der Waals surface area contributed by atoms with Gasteiger partial charge in [0.15, 0.2) is 11.6 Å². The molecule has 2 amide bonds. The zero-order chi connectivity index (χ0) is 21.3. The summed E-state index contributed by atoms with van der Waals surface area (Å²) < 4.78 is 7.73. The first kappa shape index (κ1) is 19.7. The lowest BCUT2D eigenvalue weighted by atomic mass is 10.2. The van der Waals surface area contributed by atoms with Crippen molar-refractivity contribution >= 4 is 40.0 Å². The lowest BCUT2D eigenvalue weighted by Gasteiger charge is -2.16. The van der Waals surface area contributed by atoms with Crippen molar-refractivity contribution in [1.82, 2.24) is 19.9 Å². The minimum absolute atomic E-state index is 0.0489. The summed E-state index contributed by atoms with van der Waals surface area (Å²) in [6, 6.07) is 3.61. The Bertz CT molecular complexity index is 1120. The molecule has 0 radical (unpaired) electrons. The summed E-state index contributed by atoms with van der Waals surface area (Å²) in [4.78, 5) is 33.2. The highest BCUT2D eigenvalue weighted by Crippen LogP contribution is 2.35. The number of anilines is 3. The minimum Gasteiger partial charge on any atom is -0.491 e. The van der Waals surface area contributed by atoms with E-state index in [1.807, 2.05) is 19.2 Å². The Morgan fingerprint density at radius 2 is 2.07 bits per heavy atom. The number of ether oxygens (including phenoxy) is 1. The Morgan fingerprint density at radius 1 is 1.27 bits per heavy atom. The van der Waals surface area contributed by atoms with Gasteiger partial charge >= 0.3 is 0 Å². The summed E-state index contributed by atoms with van der Waals surface area (Å²) >= 11 is 0. The Morgan fingerprint density at radius 3 is 2.73 bits per heavy atom. The van der Waals surface area contributed by atoms with Crippen LogP contribution < -0.4 is 20.7 Å². The van der Waals surface area contributed by atoms with Crippen molar-refractivity contribution in [1.29, 1.82) is 0 Å². The van der Waals surface area contributed by atoms with E-state index in [0.717, 1.165) is 30.3 Å². The first-order chi connectivity index (χ1) is 14.5. The highest BCUT2D eigenvalue weighted by molar-refractivity contribution is 6.02. The Labute approximate surface area is 173 Å². The highest BCUT2D eigenvalue weighted by atomic mass is 16.5. The maximum absolute atomic E-state index is 12.4. The van der Waals surface area contributed by atoms with Gasteiger partial charge in [-0.2, -0.15) is 0 Å². The number of fused-ring (bicyclic) bond motifs is 1. The van der Waals surface area contributed by atoms with Crippen molar-refractivity contribution in [2.75, 3.05) is 24.8 Å². The van der Waals surface area contributed by atoms with Gasteiger partial charge in [-0.15, -0.1) is 0 Å². The minimum atomic E-state index is -0.304. The molecule has 3 N–H and O–H groups in total. The first-order valence-corrected chi connectivity index (χ1v) is 9.87. The van der Waals surface area contributed by atoms with Crippen LogP contribution in [0, 0.1) is 5.92 Å². The predicted octanol–water partition coefficient (Wildman–Crippen LogP) is 2.91. The molecule has 0 spiro atoms. The number of pyridine rings is 2. The number of nitrogens with one attached hydrogen (secondary N) is 3. The van der Waals surface area contributed by atoms with E-state index in [0.29, 0.717) is 28.6 Å². The molecule has 9 nitrogen and oxygen atoms in total. The van der Waals surface area contributed by atoms with E-state index in [2.05, 4.69) is 30.5 Å². The zero-order valence-electron chi connectivity index (χ0n) is 17.2. The smallest absolute Gasteiger partial charge is 0.254 e. The molecule has 1 aliphatic carbocycles. The van der Waals surface area contributed by atoms with Crippen LogP contribution in [0.1, 0.15) is 30.1 Å². The number of methoxy groups -OCH3 is 1. The average molecular weight is 408 g/mol. The van der Waals surface area contributed by atoms with Gasteiger partial charge < -0.3 is 25.3 Å². The van der Waals surface area contributed by atoms with E-state index in [9.17, 15) is 9.59 Å². The standard InChI is InChI=1S/C21H24N6O3/c1-4-27-8-7-13-10-24-19(18(30-3)17(13)27)25-15-9-16(26-20(28)12-5-6-12)23-11-14(15)21(29)22-2/h7-12H,4-6H2,1-3H3,(H,22,29)(H2,23,24,25,26,28). The molecule has 30 heavy (non-hydrogen) atoms. The molecule has 0 unspecified atom stereocenters. The highest BCUT2D eigenvalue weighted by Gasteiger charge is 2.30. The monoisotopic (exact) mass is 408 g/mol. The summed E-state index contributed by atoms with van der Waals surface area (Å²) in [5, 5.41) is 9.57. The third-order valence-electron chi connectivity index (χ3n) is 5.13. The SMILES string of the molecule is CCn1ccc2cnc(Nc3cc(NC(=O)C4CC4)ncc3C(=O)NC)c(OC)c21. The fourth-order valence-corrected chi connectivity index (χ4v) is 3.35. The van der Waals surface area contributed by atoms with Crippen LogP contribution in [0.25, 0.3) is 10.9 Å². The third kappa shape index (κ3) is 3.66. The van der Waals surface area contributed by atoms with Crippen LogP contribution in [0.15, 0.2) is 30.7 Å². The molecule has 3 aromatic heterocycles. The van der Waals surface area contributed by atoms with Crippen LogP contribution in [0.5, 0.6) is 5.75 Å². The maximum atomic E-state index is 12.4.